The molecule has 0 saturated heterocycles. The van der Waals surface area contributed by atoms with Crippen LogP contribution in [0.5, 0.6) is 0 Å². The maximum atomic E-state index is 13.8. The summed E-state index contributed by atoms with van der Waals surface area (Å²) >= 11 is 0. The van der Waals surface area contributed by atoms with Crippen LogP contribution in [0.4, 0.5) is 14.5 Å². The van der Waals surface area contributed by atoms with Gasteiger partial charge in [-0.05, 0) is 45.2 Å². The van der Waals surface area contributed by atoms with Gasteiger partial charge in [0.2, 0.25) is 0 Å². The van der Waals surface area contributed by atoms with E-state index >= 15 is 0 Å². The van der Waals surface area contributed by atoms with E-state index in [-0.39, 0.29) is 23.5 Å². The van der Waals surface area contributed by atoms with Crippen molar-refractivity contribution in [2.24, 2.45) is 0 Å². The smallest absolute Gasteiger partial charge is 0.291 e. The second-order valence-corrected chi connectivity index (χ2v) is 6.52. The number of hydrogen-bond donors (Lipinski definition) is 2. The normalized spacial score (nSPS) is 13.4. The Morgan fingerprint density at radius 3 is 2.50 bits per heavy atom. The van der Waals surface area contributed by atoms with Gasteiger partial charge < -0.3 is 15.2 Å². The molecule has 26 heavy (non-hydrogen) atoms. The number of amides is 2. The van der Waals surface area contributed by atoms with Crippen molar-refractivity contribution in [3.8, 4) is 0 Å². The predicted octanol–water partition coefficient (Wildman–Crippen LogP) is 2.89. The first-order valence-corrected chi connectivity index (χ1v) is 8.54. The maximum Gasteiger partial charge on any atom is 0.291 e. The van der Waals surface area contributed by atoms with Crippen LogP contribution < -0.4 is 10.6 Å². The number of anilines is 1. The summed E-state index contributed by atoms with van der Waals surface area (Å²) < 4.78 is 29.3. The summed E-state index contributed by atoms with van der Waals surface area (Å²) in [5, 5.41) is 5.00. The lowest BCUT2D eigenvalue weighted by atomic mass is 10.1. The molecule has 0 fully saturated rings. The molecule has 1 aromatic heterocycles. The van der Waals surface area contributed by atoms with Crippen LogP contribution in [-0.2, 0) is 13.0 Å². The molecule has 0 atom stereocenters. The molecular formula is C18H20F2N4O2. The van der Waals surface area contributed by atoms with Gasteiger partial charge in [-0.25, -0.2) is 13.8 Å². The summed E-state index contributed by atoms with van der Waals surface area (Å²) in [6.45, 7) is 4.18. The second kappa shape index (κ2) is 7.23. The molecule has 0 spiro atoms. The SMILES string of the molecule is CC(C)NC(=O)c1nc(C(=O)Nc2c(F)cccc2F)n2c1CCCC2. The number of halogens is 2. The lowest BCUT2D eigenvalue weighted by molar-refractivity contribution is 0.0937. The zero-order valence-corrected chi connectivity index (χ0v) is 14.6. The molecule has 2 amide bonds. The second-order valence-electron chi connectivity index (χ2n) is 6.52. The number of aromatic nitrogens is 2. The van der Waals surface area contributed by atoms with Crippen molar-refractivity contribution >= 4 is 17.5 Å². The summed E-state index contributed by atoms with van der Waals surface area (Å²) in [5.74, 6) is -2.87. The minimum absolute atomic E-state index is 0.0174. The van der Waals surface area contributed by atoms with Gasteiger partial charge in [0, 0.05) is 12.6 Å². The molecule has 0 saturated carbocycles. The highest BCUT2D eigenvalue weighted by Gasteiger charge is 2.28. The molecule has 2 heterocycles. The van der Waals surface area contributed by atoms with E-state index in [0.29, 0.717) is 18.7 Å². The number of benzene rings is 1. The van der Waals surface area contributed by atoms with Gasteiger partial charge in [0.25, 0.3) is 11.8 Å². The van der Waals surface area contributed by atoms with Crippen molar-refractivity contribution in [2.75, 3.05) is 5.32 Å². The Balaban J connectivity index is 1.95. The third-order valence-electron chi connectivity index (χ3n) is 4.16. The van der Waals surface area contributed by atoms with Crippen LogP contribution >= 0.6 is 0 Å². The van der Waals surface area contributed by atoms with E-state index in [9.17, 15) is 18.4 Å². The number of para-hydroxylation sites is 1. The van der Waals surface area contributed by atoms with Gasteiger partial charge in [-0.15, -0.1) is 0 Å². The maximum absolute atomic E-state index is 13.8. The molecule has 2 aromatic rings. The van der Waals surface area contributed by atoms with Crippen molar-refractivity contribution in [2.45, 2.75) is 45.7 Å². The molecule has 2 N–H and O–H groups in total. The van der Waals surface area contributed by atoms with Gasteiger partial charge in [-0.2, -0.15) is 0 Å². The third kappa shape index (κ3) is 3.44. The largest absolute Gasteiger partial charge is 0.348 e. The first-order valence-electron chi connectivity index (χ1n) is 8.54. The molecule has 3 rings (SSSR count). The van der Waals surface area contributed by atoms with Crippen molar-refractivity contribution in [1.29, 1.82) is 0 Å². The first kappa shape index (κ1) is 18.0. The molecule has 138 valence electrons. The first-order chi connectivity index (χ1) is 12.4. The minimum atomic E-state index is -0.874. The number of carbonyl (C=O) groups excluding carboxylic acids is 2. The van der Waals surface area contributed by atoms with Crippen molar-refractivity contribution < 1.29 is 18.4 Å². The van der Waals surface area contributed by atoms with Gasteiger partial charge in [0.15, 0.2) is 5.82 Å². The fourth-order valence-corrected chi connectivity index (χ4v) is 3.02. The molecule has 0 unspecified atom stereocenters. The Hall–Kier alpha value is -2.77. The topological polar surface area (TPSA) is 76.0 Å². The Morgan fingerprint density at radius 1 is 1.15 bits per heavy atom. The van der Waals surface area contributed by atoms with Crippen LogP contribution in [0.3, 0.4) is 0 Å². The van der Waals surface area contributed by atoms with Gasteiger partial charge in [0.1, 0.15) is 23.0 Å². The zero-order valence-electron chi connectivity index (χ0n) is 14.6. The van der Waals surface area contributed by atoms with E-state index in [2.05, 4.69) is 15.6 Å². The standard InChI is InChI=1S/C18H20F2N4O2/c1-10(2)21-17(25)15-13-8-3-4-9-24(13)16(22-15)18(26)23-14-11(19)6-5-7-12(14)20/h5-7,10H,3-4,8-9H2,1-2H3,(H,21,25)(H,23,26). The van der Waals surface area contributed by atoms with Gasteiger partial charge in [0.05, 0.1) is 5.69 Å². The van der Waals surface area contributed by atoms with Crippen molar-refractivity contribution in [1.82, 2.24) is 14.9 Å². The molecule has 8 heteroatoms. The molecular weight excluding hydrogens is 342 g/mol. The lowest BCUT2D eigenvalue weighted by Gasteiger charge is -2.17. The minimum Gasteiger partial charge on any atom is -0.348 e. The average Bonchev–Trinajstić information content (AvgIpc) is 2.97. The Kier molecular flexibility index (Phi) is 5.01. The number of nitrogens with zero attached hydrogens (tertiary/aromatic N) is 2. The summed E-state index contributed by atoms with van der Waals surface area (Å²) in [6, 6.07) is 3.25. The molecule has 1 aliphatic heterocycles. The van der Waals surface area contributed by atoms with E-state index in [1.807, 2.05) is 13.8 Å². The van der Waals surface area contributed by atoms with Crippen LogP contribution in [-0.4, -0.2) is 27.4 Å². The van der Waals surface area contributed by atoms with Crippen LogP contribution in [0, 0.1) is 11.6 Å². The van der Waals surface area contributed by atoms with Crippen LogP contribution in [0.2, 0.25) is 0 Å². The summed E-state index contributed by atoms with van der Waals surface area (Å²) in [4.78, 5) is 29.2. The number of hydrogen-bond acceptors (Lipinski definition) is 3. The van der Waals surface area contributed by atoms with E-state index in [0.717, 1.165) is 25.0 Å². The summed E-state index contributed by atoms with van der Waals surface area (Å²) in [5.41, 5.74) is 0.338. The Labute approximate surface area is 149 Å². The summed E-state index contributed by atoms with van der Waals surface area (Å²) in [6.07, 6.45) is 2.34. The Morgan fingerprint density at radius 2 is 1.85 bits per heavy atom. The molecule has 6 nitrogen and oxygen atoms in total. The zero-order chi connectivity index (χ0) is 18.8. The molecule has 0 radical (unpaired) electrons. The third-order valence-corrected chi connectivity index (χ3v) is 4.16. The van der Waals surface area contributed by atoms with Gasteiger partial charge >= 0.3 is 0 Å². The van der Waals surface area contributed by atoms with Crippen LogP contribution in [0.15, 0.2) is 18.2 Å². The highest BCUT2D eigenvalue weighted by Crippen LogP contribution is 2.23. The van der Waals surface area contributed by atoms with E-state index < -0.39 is 23.2 Å². The average molecular weight is 362 g/mol. The molecule has 1 aliphatic rings. The number of rotatable bonds is 4. The van der Waals surface area contributed by atoms with Crippen molar-refractivity contribution in [3.63, 3.8) is 0 Å². The van der Waals surface area contributed by atoms with Crippen LogP contribution in [0.1, 0.15) is 53.5 Å². The molecule has 1 aromatic carbocycles. The van der Waals surface area contributed by atoms with E-state index in [1.54, 1.807) is 4.57 Å². The quantitative estimate of drug-likeness (QED) is 0.878. The number of imidazole rings is 1. The highest BCUT2D eigenvalue weighted by atomic mass is 19.1. The fraction of sp³-hybridized carbons (Fsp3) is 0.389. The van der Waals surface area contributed by atoms with E-state index in [4.69, 9.17) is 0 Å². The summed E-state index contributed by atoms with van der Waals surface area (Å²) in [7, 11) is 0. The predicted molar refractivity (Wildman–Crippen MR) is 92.1 cm³/mol. The number of fused-ring (bicyclic) bond motifs is 1. The monoisotopic (exact) mass is 362 g/mol. The van der Waals surface area contributed by atoms with Gasteiger partial charge in [-0.3, -0.25) is 9.59 Å². The van der Waals surface area contributed by atoms with Gasteiger partial charge in [-0.1, -0.05) is 6.07 Å². The highest BCUT2D eigenvalue weighted by molar-refractivity contribution is 6.03. The molecule has 0 bridgehead atoms. The number of carbonyl (C=O) groups is 2. The molecule has 0 aliphatic carbocycles. The Bertz CT molecular complexity index is 841. The van der Waals surface area contributed by atoms with Crippen LogP contribution in [0.25, 0.3) is 0 Å². The fourth-order valence-electron chi connectivity index (χ4n) is 3.02. The van der Waals surface area contributed by atoms with E-state index in [1.165, 1.54) is 6.07 Å². The number of nitrogens with one attached hydrogen (secondary N) is 2. The van der Waals surface area contributed by atoms with Crippen molar-refractivity contribution in [3.05, 3.63) is 47.0 Å². The lowest BCUT2D eigenvalue weighted by Crippen LogP contribution is -2.31.